The van der Waals surface area contributed by atoms with Gasteiger partial charge < -0.3 is 5.11 Å². The van der Waals surface area contributed by atoms with Gasteiger partial charge in [0, 0.05) is 10.6 Å². The summed E-state index contributed by atoms with van der Waals surface area (Å²) in [5, 5.41) is 13.6. The number of nitrogens with one attached hydrogen (secondary N) is 1. The van der Waals surface area contributed by atoms with Crippen molar-refractivity contribution < 1.29 is 13.5 Å². The van der Waals surface area contributed by atoms with Crippen molar-refractivity contribution in [3.8, 4) is 5.75 Å². The monoisotopic (exact) mass is 324 g/mol. The van der Waals surface area contributed by atoms with Crippen molar-refractivity contribution in [2.24, 2.45) is 5.10 Å². The first-order valence-electron chi connectivity index (χ1n) is 5.98. The maximum Gasteiger partial charge on any atom is 0.276 e. The minimum atomic E-state index is -3.72. The second-order valence-electron chi connectivity index (χ2n) is 4.37. The zero-order valence-corrected chi connectivity index (χ0v) is 12.7. The molecule has 0 fully saturated rings. The smallest absolute Gasteiger partial charge is 0.276 e. The van der Waals surface area contributed by atoms with Crippen molar-refractivity contribution in [3.63, 3.8) is 0 Å². The number of hydrogen-bond donors (Lipinski definition) is 2. The maximum atomic E-state index is 12.0. The molecule has 0 amide bonds. The Labute approximate surface area is 127 Å². The molecule has 0 heterocycles. The summed E-state index contributed by atoms with van der Waals surface area (Å²) in [5.74, 6) is -0.0826. The van der Waals surface area contributed by atoms with Crippen molar-refractivity contribution in [3.05, 3.63) is 58.6 Å². The lowest BCUT2D eigenvalue weighted by Crippen LogP contribution is -2.18. The number of phenols is 1. The summed E-state index contributed by atoms with van der Waals surface area (Å²) in [6.07, 6.45) is 1.21. The van der Waals surface area contributed by atoms with E-state index in [-0.39, 0.29) is 10.6 Å². The van der Waals surface area contributed by atoms with Crippen LogP contribution in [0.5, 0.6) is 5.75 Å². The molecule has 0 atom stereocenters. The minimum Gasteiger partial charge on any atom is -0.507 e. The molecule has 0 aliphatic carbocycles. The van der Waals surface area contributed by atoms with E-state index in [1.807, 2.05) is 6.92 Å². The SMILES string of the molecule is Cc1ccc(S(=O)(=O)NN=Cc2ccc(Cl)cc2O)cc1. The van der Waals surface area contributed by atoms with Crippen LogP contribution in [0.15, 0.2) is 52.5 Å². The lowest BCUT2D eigenvalue weighted by atomic mass is 10.2. The fraction of sp³-hybridized carbons (Fsp3) is 0.0714. The van der Waals surface area contributed by atoms with Crippen molar-refractivity contribution in [1.82, 2.24) is 4.83 Å². The topological polar surface area (TPSA) is 78.8 Å². The van der Waals surface area contributed by atoms with E-state index in [0.717, 1.165) is 5.56 Å². The number of hydrazone groups is 1. The Morgan fingerprint density at radius 2 is 1.86 bits per heavy atom. The van der Waals surface area contributed by atoms with Gasteiger partial charge in [-0.1, -0.05) is 29.3 Å². The van der Waals surface area contributed by atoms with Crippen LogP contribution in [0.2, 0.25) is 5.02 Å². The van der Waals surface area contributed by atoms with Crippen molar-refractivity contribution >= 4 is 27.8 Å². The Kier molecular flexibility index (Phi) is 4.50. The molecule has 0 aliphatic heterocycles. The van der Waals surface area contributed by atoms with Crippen LogP contribution in [0.25, 0.3) is 0 Å². The highest BCUT2D eigenvalue weighted by Gasteiger charge is 2.11. The van der Waals surface area contributed by atoms with Crippen LogP contribution >= 0.6 is 11.6 Å². The van der Waals surface area contributed by atoms with Crippen LogP contribution in [-0.2, 0) is 10.0 Å². The van der Waals surface area contributed by atoms with Gasteiger partial charge in [-0.05, 0) is 37.3 Å². The van der Waals surface area contributed by atoms with E-state index >= 15 is 0 Å². The highest BCUT2D eigenvalue weighted by Crippen LogP contribution is 2.20. The van der Waals surface area contributed by atoms with Crippen molar-refractivity contribution in [2.45, 2.75) is 11.8 Å². The molecule has 0 aromatic heterocycles. The van der Waals surface area contributed by atoms with Gasteiger partial charge in [-0.3, -0.25) is 0 Å². The van der Waals surface area contributed by atoms with Crippen molar-refractivity contribution in [2.75, 3.05) is 0 Å². The number of sulfonamides is 1. The molecule has 110 valence electrons. The highest BCUT2D eigenvalue weighted by molar-refractivity contribution is 7.89. The summed E-state index contributed by atoms with van der Waals surface area (Å²) >= 11 is 5.70. The summed E-state index contributed by atoms with van der Waals surface area (Å²) < 4.78 is 23.9. The molecule has 0 unspecified atom stereocenters. The number of phenolic OH excluding ortho intramolecular Hbond substituents is 1. The Balaban J connectivity index is 2.14. The maximum absolute atomic E-state index is 12.0. The van der Waals surface area contributed by atoms with Gasteiger partial charge in [0.2, 0.25) is 0 Å². The number of rotatable bonds is 4. The first-order chi connectivity index (χ1) is 9.88. The number of benzene rings is 2. The lowest BCUT2D eigenvalue weighted by molar-refractivity contribution is 0.474. The molecule has 21 heavy (non-hydrogen) atoms. The normalized spacial score (nSPS) is 11.7. The van der Waals surface area contributed by atoms with E-state index in [4.69, 9.17) is 11.6 Å². The molecule has 0 saturated heterocycles. The number of aryl methyl sites for hydroxylation is 1. The number of aromatic hydroxyl groups is 1. The van der Waals surface area contributed by atoms with Crippen LogP contribution in [-0.4, -0.2) is 19.7 Å². The Morgan fingerprint density at radius 1 is 1.19 bits per heavy atom. The molecular weight excluding hydrogens is 312 g/mol. The molecule has 2 aromatic carbocycles. The molecule has 0 saturated carbocycles. The van der Waals surface area contributed by atoms with Gasteiger partial charge in [-0.15, -0.1) is 0 Å². The first-order valence-corrected chi connectivity index (χ1v) is 7.85. The summed E-state index contributed by atoms with van der Waals surface area (Å²) in [7, 11) is -3.72. The van der Waals surface area contributed by atoms with Crippen LogP contribution in [0.4, 0.5) is 0 Å². The third-order valence-corrected chi connectivity index (χ3v) is 4.17. The van der Waals surface area contributed by atoms with Gasteiger partial charge in [-0.2, -0.15) is 13.5 Å². The number of hydrogen-bond acceptors (Lipinski definition) is 4. The molecular formula is C14H13ClN2O3S. The second kappa shape index (κ2) is 6.15. The molecule has 7 heteroatoms. The van der Waals surface area contributed by atoms with Crippen molar-refractivity contribution in [1.29, 1.82) is 0 Å². The van der Waals surface area contributed by atoms with Crippen LogP contribution in [0.1, 0.15) is 11.1 Å². The van der Waals surface area contributed by atoms with E-state index < -0.39 is 10.0 Å². The van der Waals surface area contributed by atoms with Gasteiger partial charge in [0.25, 0.3) is 10.0 Å². The second-order valence-corrected chi connectivity index (χ2v) is 6.47. The number of halogens is 1. The summed E-state index contributed by atoms with van der Waals surface area (Å²) in [4.78, 5) is 2.20. The van der Waals surface area contributed by atoms with E-state index in [2.05, 4.69) is 9.93 Å². The fourth-order valence-corrected chi connectivity index (χ4v) is 2.52. The fourth-order valence-electron chi connectivity index (χ4n) is 1.56. The van der Waals surface area contributed by atoms with Crippen LogP contribution < -0.4 is 4.83 Å². The third kappa shape index (κ3) is 3.96. The van der Waals surface area contributed by atoms with Gasteiger partial charge in [0.15, 0.2) is 0 Å². The Bertz CT molecular complexity index is 771. The zero-order chi connectivity index (χ0) is 15.5. The predicted octanol–water partition coefficient (Wildman–Crippen LogP) is 2.67. The summed E-state index contributed by atoms with van der Waals surface area (Å²) in [5.41, 5.74) is 1.31. The molecule has 2 N–H and O–H groups in total. The van der Waals surface area contributed by atoms with E-state index in [9.17, 15) is 13.5 Å². The molecule has 0 aliphatic rings. The summed E-state index contributed by atoms with van der Waals surface area (Å²) in [6, 6.07) is 10.8. The number of nitrogens with zero attached hydrogens (tertiary/aromatic N) is 1. The Morgan fingerprint density at radius 3 is 2.48 bits per heavy atom. The molecule has 0 spiro atoms. The largest absolute Gasteiger partial charge is 0.507 e. The average Bonchev–Trinajstić information content (AvgIpc) is 2.41. The average molecular weight is 325 g/mol. The van der Waals surface area contributed by atoms with Crippen LogP contribution in [0, 0.1) is 6.92 Å². The molecule has 5 nitrogen and oxygen atoms in total. The molecule has 2 aromatic rings. The van der Waals surface area contributed by atoms with Gasteiger partial charge in [-0.25, -0.2) is 4.83 Å². The third-order valence-electron chi connectivity index (χ3n) is 2.70. The Hall–Kier alpha value is -2.05. The van der Waals surface area contributed by atoms with Gasteiger partial charge in [0.1, 0.15) is 5.75 Å². The summed E-state index contributed by atoms with van der Waals surface area (Å²) in [6.45, 7) is 1.87. The predicted molar refractivity (Wildman–Crippen MR) is 82.2 cm³/mol. The van der Waals surface area contributed by atoms with Crippen LogP contribution in [0.3, 0.4) is 0 Å². The van der Waals surface area contributed by atoms with Gasteiger partial charge >= 0.3 is 0 Å². The first kappa shape index (κ1) is 15.3. The molecule has 0 bridgehead atoms. The molecule has 0 radical (unpaired) electrons. The van der Waals surface area contributed by atoms with E-state index in [1.165, 1.54) is 30.5 Å². The van der Waals surface area contributed by atoms with Gasteiger partial charge in [0.05, 0.1) is 11.1 Å². The van der Waals surface area contributed by atoms with E-state index in [1.54, 1.807) is 18.2 Å². The molecule has 2 rings (SSSR count). The quantitative estimate of drug-likeness (QED) is 0.670. The lowest BCUT2D eigenvalue weighted by Gasteiger charge is -2.04. The zero-order valence-electron chi connectivity index (χ0n) is 11.1. The standard InChI is InChI=1S/C14H13ClN2O3S/c1-10-2-6-13(7-3-10)21(19,20)17-16-9-11-4-5-12(15)8-14(11)18/h2-9,17-18H,1H3. The minimum absolute atomic E-state index is 0.0826. The highest BCUT2D eigenvalue weighted by atomic mass is 35.5. The van der Waals surface area contributed by atoms with E-state index in [0.29, 0.717) is 10.6 Å².